The summed E-state index contributed by atoms with van der Waals surface area (Å²) in [6, 6.07) is 0. The molecule has 0 aliphatic rings. The van der Waals surface area contributed by atoms with Crippen molar-refractivity contribution in [3.63, 3.8) is 0 Å². The molecule has 6 nitrogen and oxygen atoms in total. The van der Waals surface area contributed by atoms with Gasteiger partial charge < -0.3 is 14.2 Å². The van der Waals surface area contributed by atoms with Crippen molar-refractivity contribution in [2.45, 2.75) is 232 Å². The Balaban J connectivity index is 4.42. The van der Waals surface area contributed by atoms with E-state index in [0.717, 1.165) is 96.3 Å². The van der Waals surface area contributed by atoms with Crippen molar-refractivity contribution in [1.82, 2.24) is 0 Å². The van der Waals surface area contributed by atoms with Crippen molar-refractivity contribution in [3.8, 4) is 0 Å². The molecule has 1 unspecified atom stereocenters. The molecule has 0 aromatic heterocycles. The highest BCUT2D eigenvalue weighted by Crippen LogP contribution is 2.14. The minimum atomic E-state index is -0.806. The summed E-state index contributed by atoms with van der Waals surface area (Å²) in [5, 5.41) is 0. The van der Waals surface area contributed by atoms with Crippen LogP contribution in [0.4, 0.5) is 0 Å². The molecule has 0 rings (SSSR count). The van der Waals surface area contributed by atoms with Gasteiger partial charge in [0.15, 0.2) is 6.10 Å². The van der Waals surface area contributed by atoms with Crippen molar-refractivity contribution in [3.05, 3.63) is 97.2 Å². The molecule has 0 aliphatic carbocycles. The van der Waals surface area contributed by atoms with Crippen LogP contribution in [-0.4, -0.2) is 37.2 Å². The van der Waals surface area contributed by atoms with Crippen molar-refractivity contribution >= 4 is 17.9 Å². The summed E-state index contributed by atoms with van der Waals surface area (Å²) < 4.78 is 16.7. The molecule has 0 radical (unpaired) electrons. The second-order valence-corrected chi connectivity index (χ2v) is 16.7. The summed E-state index contributed by atoms with van der Waals surface area (Å²) in [6.45, 7) is 6.31. The molecule has 358 valence electrons. The third-order valence-electron chi connectivity index (χ3n) is 10.6. The molecule has 6 heteroatoms. The average molecular weight is 875 g/mol. The van der Waals surface area contributed by atoms with E-state index in [1.54, 1.807) is 0 Å². The van der Waals surface area contributed by atoms with Gasteiger partial charge in [0.25, 0.3) is 0 Å². The predicted octanol–water partition coefficient (Wildman–Crippen LogP) is 17.0. The third-order valence-corrected chi connectivity index (χ3v) is 10.6. The Bertz CT molecular complexity index is 1280. The van der Waals surface area contributed by atoms with Crippen molar-refractivity contribution < 1.29 is 28.6 Å². The average Bonchev–Trinajstić information content (AvgIpc) is 3.28. The number of esters is 3. The van der Waals surface area contributed by atoms with E-state index in [2.05, 4.69) is 118 Å². The SMILES string of the molecule is CC/C=C\C/C=C\C/C=C\CCCCCCCCCCCC(=O)OCC(COC(=O)CCC/C=C\C/C=C\C/C=C\CC)OC(=O)CCCCCCCC/C=C\C=C/CCCCC. The van der Waals surface area contributed by atoms with Gasteiger partial charge >= 0.3 is 17.9 Å². The maximum absolute atomic E-state index is 12.8. The van der Waals surface area contributed by atoms with Crippen LogP contribution in [0.5, 0.6) is 0 Å². The lowest BCUT2D eigenvalue weighted by Crippen LogP contribution is -2.30. The van der Waals surface area contributed by atoms with E-state index >= 15 is 0 Å². The van der Waals surface area contributed by atoms with Gasteiger partial charge in [0.2, 0.25) is 0 Å². The summed E-state index contributed by atoms with van der Waals surface area (Å²) in [5.41, 5.74) is 0. The van der Waals surface area contributed by atoms with Gasteiger partial charge in [0.1, 0.15) is 13.2 Å². The third kappa shape index (κ3) is 49.2. The van der Waals surface area contributed by atoms with Gasteiger partial charge in [-0.05, 0) is 103 Å². The fourth-order valence-electron chi connectivity index (χ4n) is 6.76. The van der Waals surface area contributed by atoms with Crippen LogP contribution in [0.25, 0.3) is 0 Å². The van der Waals surface area contributed by atoms with Crippen LogP contribution in [0.3, 0.4) is 0 Å². The highest BCUT2D eigenvalue weighted by Gasteiger charge is 2.19. The fraction of sp³-hybridized carbons (Fsp3) is 0.667. The van der Waals surface area contributed by atoms with Crippen LogP contribution in [-0.2, 0) is 28.6 Å². The molecular formula is C57H94O6. The number of hydrogen-bond acceptors (Lipinski definition) is 6. The number of hydrogen-bond donors (Lipinski definition) is 0. The number of ether oxygens (including phenoxy) is 3. The van der Waals surface area contributed by atoms with E-state index in [0.29, 0.717) is 19.3 Å². The number of carbonyl (C=O) groups excluding carboxylic acids is 3. The first-order chi connectivity index (χ1) is 31.0. The van der Waals surface area contributed by atoms with E-state index < -0.39 is 6.10 Å². The largest absolute Gasteiger partial charge is 0.462 e. The first kappa shape index (κ1) is 59.3. The zero-order chi connectivity index (χ0) is 45.8. The van der Waals surface area contributed by atoms with Gasteiger partial charge in [-0.15, -0.1) is 0 Å². The van der Waals surface area contributed by atoms with E-state index in [1.807, 2.05) is 0 Å². The number of rotatable bonds is 45. The van der Waals surface area contributed by atoms with Gasteiger partial charge in [-0.1, -0.05) is 201 Å². The molecule has 0 aromatic carbocycles. The lowest BCUT2D eigenvalue weighted by Gasteiger charge is -2.18. The molecule has 0 saturated carbocycles. The molecule has 0 N–H and O–H groups in total. The zero-order valence-electron chi connectivity index (χ0n) is 40.8. The number of unbranched alkanes of at least 4 members (excludes halogenated alkanes) is 19. The standard InChI is InChI=1S/C57H94O6/c1-4-7-10-13-16-19-22-24-26-27-28-29-31-32-35-38-41-44-47-50-56(59)62-53-54(52-61-55(58)49-46-43-40-37-34-21-18-15-12-9-6-3)63-57(60)51-48-45-42-39-36-33-30-25-23-20-17-14-11-8-5-2/h7,9-10,12,16-21,23-26,37,40,54H,4-6,8,11,13-15,22,27-36,38-39,41-53H2,1-3H3/b10-7-,12-9-,19-16-,20-17-,21-18-,25-23-,26-24-,40-37-. The molecule has 0 bridgehead atoms. The molecule has 1 atom stereocenters. The van der Waals surface area contributed by atoms with Crippen molar-refractivity contribution in [1.29, 1.82) is 0 Å². The first-order valence-corrected chi connectivity index (χ1v) is 25.8. The quantitative estimate of drug-likeness (QED) is 0.0199. The second kappa shape index (κ2) is 51.0. The molecule has 0 heterocycles. The van der Waals surface area contributed by atoms with E-state index in [4.69, 9.17) is 14.2 Å². The highest BCUT2D eigenvalue weighted by molar-refractivity contribution is 5.71. The lowest BCUT2D eigenvalue weighted by atomic mass is 10.1. The predicted molar refractivity (Wildman–Crippen MR) is 270 cm³/mol. The van der Waals surface area contributed by atoms with Gasteiger partial charge in [-0.25, -0.2) is 0 Å². The Morgan fingerprint density at radius 3 is 1.13 bits per heavy atom. The zero-order valence-corrected chi connectivity index (χ0v) is 40.8. The summed E-state index contributed by atoms with van der Waals surface area (Å²) in [6.07, 6.45) is 66.9. The Morgan fingerprint density at radius 1 is 0.349 bits per heavy atom. The van der Waals surface area contributed by atoms with Crippen LogP contribution in [0.15, 0.2) is 97.2 Å². The normalized spacial score (nSPS) is 12.9. The van der Waals surface area contributed by atoms with Crippen molar-refractivity contribution in [2.24, 2.45) is 0 Å². The smallest absolute Gasteiger partial charge is 0.306 e. The Morgan fingerprint density at radius 2 is 0.683 bits per heavy atom. The van der Waals surface area contributed by atoms with Gasteiger partial charge in [0, 0.05) is 19.3 Å². The Hall–Kier alpha value is -3.67. The van der Waals surface area contributed by atoms with Crippen LogP contribution < -0.4 is 0 Å². The summed E-state index contributed by atoms with van der Waals surface area (Å²) in [5.74, 6) is -0.979. The molecule has 63 heavy (non-hydrogen) atoms. The number of carbonyl (C=O) groups is 3. The van der Waals surface area contributed by atoms with Gasteiger partial charge in [-0.3, -0.25) is 14.4 Å². The first-order valence-electron chi connectivity index (χ1n) is 25.8. The number of allylic oxidation sites excluding steroid dienone is 16. The molecule has 0 aliphatic heterocycles. The van der Waals surface area contributed by atoms with E-state index in [1.165, 1.54) is 83.5 Å². The summed E-state index contributed by atoms with van der Waals surface area (Å²) >= 11 is 0. The van der Waals surface area contributed by atoms with Crippen LogP contribution in [0.1, 0.15) is 226 Å². The second-order valence-electron chi connectivity index (χ2n) is 16.7. The van der Waals surface area contributed by atoms with Crippen LogP contribution in [0.2, 0.25) is 0 Å². The van der Waals surface area contributed by atoms with Crippen LogP contribution >= 0.6 is 0 Å². The Kier molecular flexibility index (Phi) is 48.0. The molecule has 0 aromatic rings. The summed E-state index contributed by atoms with van der Waals surface area (Å²) in [7, 11) is 0. The van der Waals surface area contributed by atoms with Gasteiger partial charge in [0.05, 0.1) is 0 Å². The fourth-order valence-corrected chi connectivity index (χ4v) is 6.76. The molecule has 0 spiro atoms. The van der Waals surface area contributed by atoms with E-state index in [-0.39, 0.29) is 37.5 Å². The molecule has 0 fully saturated rings. The maximum atomic E-state index is 12.8. The highest BCUT2D eigenvalue weighted by atomic mass is 16.6. The monoisotopic (exact) mass is 875 g/mol. The maximum Gasteiger partial charge on any atom is 0.306 e. The topological polar surface area (TPSA) is 78.9 Å². The summed E-state index contributed by atoms with van der Waals surface area (Å²) in [4.78, 5) is 37.9. The molecular weight excluding hydrogens is 781 g/mol. The van der Waals surface area contributed by atoms with Crippen molar-refractivity contribution in [2.75, 3.05) is 13.2 Å². The molecule has 0 amide bonds. The minimum absolute atomic E-state index is 0.102. The minimum Gasteiger partial charge on any atom is -0.462 e. The lowest BCUT2D eigenvalue weighted by molar-refractivity contribution is -0.167. The Labute approximate surface area is 387 Å². The van der Waals surface area contributed by atoms with E-state index in [9.17, 15) is 14.4 Å². The van der Waals surface area contributed by atoms with Crippen LogP contribution in [0, 0.1) is 0 Å². The molecule has 0 saturated heterocycles. The van der Waals surface area contributed by atoms with Gasteiger partial charge in [-0.2, -0.15) is 0 Å².